The molecule has 0 N–H and O–H groups in total. The van der Waals surface area contributed by atoms with E-state index in [-0.39, 0.29) is 16.5 Å². The van der Waals surface area contributed by atoms with Gasteiger partial charge in [0.1, 0.15) is 0 Å². The largest absolute Gasteiger partial charge is 0.104 e. The topological polar surface area (TPSA) is 0 Å². The Labute approximate surface area is 128 Å². The minimum absolute atomic E-state index is 0. The summed E-state index contributed by atoms with van der Waals surface area (Å²) in [5.41, 5.74) is 2.55. The Kier molecular flexibility index (Phi) is 16.3. The second-order valence-electron chi connectivity index (χ2n) is 3.44. The first-order valence-electron chi connectivity index (χ1n) is 5.70. The van der Waals surface area contributed by atoms with Gasteiger partial charge in [-0.25, -0.2) is 0 Å². The summed E-state index contributed by atoms with van der Waals surface area (Å²) >= 11 is 4.56. The summed E-state index contributed by atoms with van der Waals surface area (Å²) in [4.78, 5) is 0. The van der Waals surface area contributed by atoms with E-state index in [2.05, 4.69) is 73.6 Å². The molecule has 2 aromatic carbocycles. The average Bonchev–Trinajstić information content (AvgIpc) is 2.44. The van der Waals surface area contributed by atoms with Gasteiger partial charge >= 0.3 is 0 Å². The molecule has 0 fully saturated rings. The predicted molar refractivity (Wildman–Crippen MR) is 83.4 cm³/mol. The van der Waals surface area contributed by atoms with Crippen LogP contribution in [0.2, 0.25) is 0 Å². The Morgan fingerprint density at radius 2 is 0.944 bits per heavy atom. The summed E-state index contributed by atoms with van der Waals surface area (Å²) in [5.74, 6) is 0. The van der Waals surface area contributed by atoms with Crippen molar-refractivity contribution in [1.82, 2.24) is 0 Å². The third kappa shape index (κ3) is 8.70. The van der Waals surface area contributed by atoms with Crippen LogP contribution in [0.1, 0.15) is 20.3 Å². The Balaban J connectivity index is 0. The first-order chi connectivity index (χ1) is 8.38. The van der Waals surface area contributed by atoms with Crippen LogP contribution in [-0.4, -0.2) is 0 Å². The number of rotatable bonds is 1. The van der Waals surface area contributed by atoms with E-state index >= 15 is 0 Å². The minimum Gasteiger partial charge on any atom is -0.104 e. The molecule has 0 nitrogen and oxygen atoms in total. The summed E-state index contributed by atoms with van der Waals surface area (Å²) < 4.78 is 0. The molecule has 18 heavy (non-hydrogen) atoms. The minimum atomic E-state index is 0. The van der Waals surface area contributed by atoms with E-state index in [1.807, 2.05) is 20.7 Å². The maximum absolute atomic E-state index is 4.56. The van der Waals surface area contributed by atoms with E-state index < -0.39 is 0 Å². The SMILES string of the molecule is CCC.PCl.[Ni].c1ccc(-c2ccccc2)cc1. The summed E-state index contributed by atoms with van der Waals surface area (Å²) in [5, 5.41) is 0. The van der Waals surface area contributed by atoms with Crippen molar-refractivity contribution in [2.45, 2.75) is 20.3 Å². The van der Waals surface area contributed by atoms with E-state index in [1.165, 1.54) is 17.5 Å². The third-order valence-corrected chi connectivity index (χ3v) is 1.88. The van der Waals surface area contributed by atoms with Crippen molar-refractivity contribution in [1.29, 1.82) is 0 Å². The molecule has 0 aliphatic carbocycles. The van der Waals surface area contributed by atoms with Crippen LogP contribution in [0.4, 0.5) is 0 Å². The Morgan fingerprint density at radius 3 is 1.17 bits per heavy atom. The monoisotopic (exact) mass is 324 g/mol. The van der Waals surface area contributed by atoms with Crippen LogP contribution in [0, 0.1) is 0 Å². The molecule has 1 unspecified atom stereocenters. The Bertz CT molecular complexity index is 327. The zero-order valence-corrected chi connectivity index (χ0v) is 13.7. The number of hydrogen-bond acceptors (Lipinski definition) is 0. The van der Waals surface area contributed by atoms with Gasteiger partial charge in [-0.3, -0.25) is 0 Å². The van der Waals surface area contributed by atoms with E-state index in [0.717, 1.165) is 0 Å². The van der Waals surface area contributed by atoms with Crippen LogP contribution in [0.15, 0.2) is 60.7 Å². The van der Waals surface area contributed by atoms with Gasteiger partial charge < -0.3 is 0 Å². The second-order valence-corrected chi connectivity index (χ2v) is 3.44. The molecule has 0 aromatic heterocycles. The maximum Gasteiger partial charge on any atom is 0 e. The van der Waals surface area contributed by atoms with E-state index in [1.54, 1.807) is 0 Å². The van der Waals surface area contributed by atoms with Crippen LogP contribution in [0.5, 0.6) is 0 Å². The first kappa shape index (κ1) is 20.0. The quantitative estimate of drug-likeness (QED) is 0.460. The number of hydrogen-bond donors (Lipinski definition) is 0. The Morgan fingerprint density at radius 1 is 0.722 bits per heavy atom. The van der Waals surface area contributed by atoms with Crippen LogP contribution in [0.25, 0.3) is 11.1 Å². The smallest absolute Gasteiger partial charge is 0 e. The summed E-state index contributed by atoms with van der Waals surface area (Å²) in [6.45, 7) is 4.25. The predicted octanol–water partition coefficient (Wildman–Crippen LogP) is 5.78. The van der Waals surface area contributed by atoms with Crippen LogP contribution >= 0.6 is 19.8 Å². The molecule has 1 atom stereocenters. The molecular weight excluding hydrogens is 305 g/mol. The molecule has 0 aliphatic rings. The molecule has 0 spiro atoms. The molecule has 2 rings (SSSR count). The fraction of sp³-hybridized carbons (Fsp3) is 0.200. The van der Waals surface area contributed by atoms with Gasteiger partial charge in [-0.1, -0.05) is 80.9 Å². The molecular formula is C15H20ClNiP. The number of halogens is 1. The van der Waals surface area contributed by atoms with Crippen LogP contribution in [0.3, 0.4) is 0 Å². The molecule has 0 saturated carbocycles. The van der Waals surface area contributed by atoms with Crippen LogP contribution in [-0.2, 0) is 16.5 Å². The van der Waals surface area contributed by atoms with E-state index in [4.69, 9.17) is 0 Å². The average molecular weight is 325 g/mol. The zero-order valence-electron chi connectivity index (χ0n) is 10.8. The molecule has 0 heterocycles. The molecule has 0 amide bonds. The van der Waals surface area contributed by atoms with E-state index in [0.29, 0.717) is 0 Å². The Hall–Kier alpha value is -0.346. The standard InChI is InChI=1S/C12H10.C3H8.ClH2P.Ni/c1-3-7-11(8-4-1)12-9-5-2-6-10-12;1-3-2;1-2;/h1-10H;3H2,1-2H3;2H2;. The van der Waals surface area contributed by atoms with Gasteiger partial charge in [0, 0.05) is 16.5 Å². The molecule has 0 saturated heterocycles. The van der Waals surface area contributed by atoms with Gasteiger partial charge in [0.15, 0.2) is 0 Å². The summed E-state index contributed by atoms with van der Waals surface area (Å²) in [6, 6.07) is 20.8. The maximum atomic E-state index is 4.56. The fourth-order valence-electron chi connectivity index (χ4n) is 1.26. The van der Waals surface area contributed by atoms with Crippen molar-refractivity contribution in [2.24, 2.45) is 0 Å². The number of benzene rings is 2. The third-order valence-electron chi connectivity index (χ3n) is 1.88. The van der Waals surface area contributed by atoms with E-state index in [9.17, 15) is 0 Å². The molecule has 0 aliphatic heterocycles. The van der Waals surface area contributed by atoms with Gasteiger partial charge in [-0.05, 0) is 19.7 Å². The van der Waals surface area contributed by atoms with Crippen molar-refractivity contribution in [3.63, 3.8) is 0 Å². The zero-order chi connectivity index (χ0) is 12.9. The van der Waals surface area contributed by atoms with Crippen molar-refractivity contribution in [2.75, 3.05) is 0 Å². The molecule has 2 aromatic rings. The summed E-state index contributed by atoms with van der Waals surface area (Å²) in [6.07, 6.45) is 1.25. The normalized spacial score (nSPS) is 7.78. The van der Waals surface area contributed by atoms with Gasteiger partial charge in [-0.2, -0.15) is 0 Å². The van der Waals surface area contributed by atoms with Gasteiger partial charge in [0.2, 0.25) is 0 Å². The fourth-order valence-corrected chi connectivity index (χ4v) is 1.26. The summed E-state index contributed by atoms with van der Waals surface area (Å²) in [7, 11) is 1.89. The molecule has 3 heteroatoms. The first-order valence-corrected chi connectivity index (χ1v) is 7.45. The molecule has 0 radical (unpaired) electrons. The molecule has 0 bridgehead atoms. The van der Waals surface area contributed by atoms with Gasteiger partial charge in [0.05, 0.1) is 0 Å². The molecule has 102 valence electrons. The van der Waals surface area contributed by atoms with Crippen molar-refractivity contribution in [3.05, 3.63) is 60.7 Å². The van der Waals surface area contributed by atoms with Crippen LogP contribution < -0.4 is 0 Å². The van der Waals surface area contributed by atoms with Crippen molar-refractivity contribution < 1.29 is 16.5 Å². The van der Waals surface area contributed by atoms with Crippen molar-refractivity contribution >= 4 is 19.8 Å². The second kappa shape index (κ2) is 14.7. The van der Waals surface area contributed by atoms with Gasteiger partial charge in [0.25, 0.3) is 0 Å². The van der Waals surface area contributed by atoms with Crippen molar-refractivity contribution in [3.8, 4) is 11.1 Å². The van der Waals surface area contributed by atoms with Gasteiger partial charge in [-0.15, -0.1) is 11.2 Å².